The maximum atomic E-state index is 12.7. The van der Waals surface area contributed by atoms with Gasteiger partial charge in [-0.3, -0.25) is 14.4 Å². The summed E-state index contributed by atoms with van der Waals surface area (Å²) < 4.78 is 16.7. The van der Waals surface area contributed by atoms with E-state index in [1.54, 1.807) is 0 Å². The molecular formula is C49H94O6. The molecule has 0 aliphatic heterocycles. The van der Waals surface area contributed by atoms with Crippen molar-refractivity contribution in [2.45, 2.75) is 266 Å². The van der Waals surface area contributed by atoms with Gasteiger partial charge in [0.15, 0.2) is 6.10 Å². The van der Waals surface area contributed by atoms with E-state index in [0.29, 0.717) is 19.3 Å². The van der Waals surface area contributed by atoms with Crippen molar-refractivity contribution < 1.29 is 28.6 Å². The molecule has 0 aromatic rings. The van der Waals surface area contributed by atoms with Crippen molar-refractivity contribution in [2.24, 2.45) is 17.8 Å². The average Bonchev–Trinajstić information content (AvgIpc) is 3.13. The van der Waals surface area contributed by atoms with E-state index in [4.69, 9.17) is 14.2 Å². The number of esters is 3. The molecule has 0 bridgehead atoms. The van der Waals surface area contributed by atoms with Gasteiger partial charge in [0, 0.05) is 19.3 Å². The highest BCUT2D eigenvalue weighted by molar-refractivity contribution is 5.71. The number of unbranched alkanes of at least 4 members (excludes halogenated alkanes) is 25. The van der Waals surface area contributed by atoms with Crippen LogP contribution in [0.5, 0.6) is 0 Å². The quantitative estimate of drug-likeness (QED) is 0.0349. The fourth-order valence-electron chi connectivity index (χ4n) is 7.23. The van der Waals surface area contributed by atoms with Gasteiger partial charge in [-0.25, -0.2) is 0 Å². The van der Waals surface area contributed by atoms with Crippen molar-refractivity contribution in [1.29, 1.82) is 0 Å². The number of rotatable bonds is 42. The number of ether oxygens (including phenoxy) is 3. The third-order valence-electron chi connectivity index (χ3n) is 10.9. The summed E-state index contributed by atoms with van der Waals surface area (Å²) in [6, 6.07) is 0. The highest BCUT2D eigenvalue weighted by atomic mass is 16.6. The standard InChI is InChI=1S/C49H94O6/c1-43(2)35-29-23-17-12-10-8-7-9-11-13-20-26-32-38-47(50)53-41-46(42-54-48(51)39-33-27-22-16-19-25-31-37-45(5)6)55-49(52)40-34-28-21-15-14-18-24-30-36-44(3)4/h43-46H,7-42H2,1-6H3/t46-/m0/s1. The van der Waals surface area contributed by atoms with Gasteiger partial charge in [-0.05, 0) is 37.0 Å². The molecule has 0 aliphatic carbocycles. The molecule has 0 saturated heterocycles. The summed E-state index contributed by atoms with van der Waals surface area (Å²) in [5.41, 5.74) is 0. The highest BCUT2D eigenvalue weighted by Gasteiger charge is 2.19. The molecule has 1 atom stereocenters. The van der Waals surface area contributed by atoms with Crippen LogP contribution in [0, 0.1) is 17.8 Å². The maximum Gasteiger partial charge on any atom is 0.306 e. The molecule has 0 rings (SSSR count). The van der Waals surface area contributed by atoms with Gasteiger partial charge < -0.3 is 14.2 Å². The zero-order valence-corrected chi connectivity index (χ0v) is 37.7. The Labute approximate surface area is 342 Å². The normalized spacial score (nSPS) is 12.2. The van der Waals surface area contributed by atoms with Gasteiger partial charge in [0.1, 0.15) is 13.2 Å². The van der Waals surface area contributed by atoms with Crippen LogP contribution >= 0.6 is 0 Å². The molecule has 0 spiro atoms. The van der Waals surface area contributed by atoms with E-state index >= 15 is 0 Å². The van der Waals surface area contributed by atoms with Crippen molar-refractivity contribution in [3.05, 3.63) is 0 Å². The molecule has 0 amide bonds. The average molecular weight is 779 g/mol. The van der Waals surface area contributed by atoms with E-state index in [1.165, 1.54) is 141 Å². The lowest BCUT2D eigenvalue weighted by atomic mass is 10.0. The summed E-state index contributed by atoms with van der Waals surface area (Å²) in [5, 5.41) is 0. The molecule has 0 radical (unpaired) electrons. The Morgan fingerprint density at radius 2 is 0.527 bits per heavy atom. The first-order valence-corrected chi connectivity index (χ1v) is 24.1. The minimum absolute atomic E-state index is 0.0661. The second-order valence-corrected chi connectivity index (χ2v) is 18.2. The predicted octanol–water partition coefficient (Wildman–Crippen LogP) is 15.2. The van der Waals surface area contributed by atoms with Crippen LogP contribution in [0.1, 0.15) is 260 Å². The zero-order chi connectivity index (χ0) is 40.6. The monoisotopic (exact) mass is 779 g/mol. The first kappa shape index (κ1) is 53.4. The summed E-state index contributed by atoms with van der Waals surface area (Å²) in [4.78, 5) is 37.8. The van der Waals surface area contributed by atoms with Crippen molar-refractivity contribution in [1.82, 2.24) is 0 Å². The maximum absolute atomic E-state index is 12.7. The second-order valence-electron chi connectivity index (χ2n) is 18.2. The lowest BCUT2D eigenvalue weighted by Crippen LogP contribution is -2.30. The molecule has 0 aliphatic rings. The molecule has 0 heterocycles. The first-order chi connectivity index (χ1) is 26.6. The van der Waals surface area contributed by atoms with Crippen LogP contribution in [0.25, 0.3) is 0 Å². The van der Waals surface area contributed by atoms with E-state index in [9.17, 15) is 14.4 Å². The number of carbonyl (C=O) groups excluding carboxylic acids is 3. The van der Waals surface area contributed by atoms with Crippen molar-refractivity contribution >= 4 is 17.9 Å². The van der Waals surface area contributed by atoms with Crippen LogP contribution in [0.4, 0.5) is 0 Å². The van der Waals surface area contributed by atoms with E-state index < -0.39 is 6.10 Å². The molecule has 0 aromatic carbocycles. The first-order valence-electron chi connectivity index (χ1n) is 24.1. The number of carbonyl (C=O) groups is 3. The Bertz CT molecular complexity index is 852. The van der Waals surface area contributed by atoms with E-state index in [-0.39, 0.29) is 31.1 Å². The van der Waals surface area contributed by atoms with Gasteiger partial charge in [-0.15, -0.1) is 0 Å². The van der Waals surface area contributed by atoms with Crippen LogP contribution in [0.3, 0.4) is 0 Å². The van der Waals surface area contributed by atoms with Gasteiger partial charge in [-0.1, -0.05) is 221 Å². The Morgan fingerprint density at radius 3 is 0.782 bits per heavy atom. The fraction of sp³-hybridized carbons (Fsp3) is 0.939. The van der Waals surface area contributed by atoms with Crippen LogP contribution in [-0.4, -0.2) is 37.2 Å². The molecule has 326 valence electrons. The number of hydrogen-bond donors (Lipinski definition) is 0. The Kier molecular flexibility index (Phi) is 39.4. The number of hydrogen-bond acceptors (Lipinski definition) is 6. The third kappa shape index (κ3) is 43.4. The Hall–Kier alpha value is -1.59. The van der Waals surface area contributed by atoms with E-state index in [0.717, 1.165) is 75.5 Å². The summed E-state index contributed by atoms with van der Waals surface area (Å²) in [5.74, 6) is 1.55. The van der Waals surface area contributed by atoms with Gasteiger partial charge in [0.2, 0.25) is 0 Å². The van der Waals surface area contributed by atoms with Crippen LogP contribution in [0.2, 0.25) is 0 Å². The topological polar surface area (TPSA) is 78.9 Å². The lowest BCUT2D eigenvalue weighted by molar-refractivity contribution is -0.167. The second kappa shape index (κ2) is 40.6. The summed E-state index contributed by atoms with van der Waals surface area (Å²) >= 11 is 0. The van der Waals surface area contributed by atoms with Crippen LogP contribution in [-0.2, 0) is 28.6 Å². The zero-order valence-electron chi connectivity index (χ0n) is 37.7. The Morgan fingerprint density at radius 1 is 0.309 bits per heavy atom. The molecule has 0 fully saturated rings. The molecule has 0 saturated carbocycles. The SMILES string of the molecule is CC(C)CCCCCCCCCCCCCCCC(=O)OC[C@@H](COC(=O)CCCCCCCCCC(C)C)OC(=O)CCCCCCCCCCC(C)C. The minimum Gasteiger partial charge on any atom is -0.462 e. The fourth-order valence-corrected chi connectivity index (χ4v) is 7.23. The van der Waals surface area contributed by atoms with Crippen LogP contribution < -0.4 is 0 Å². The highest BCUT2D eigenvalue weighted by Crippen LogP contribution is 2.17. The Balaban J connectivity index is 4.29. The van der Waals surface area contributed by atoms with Gasteiger partial charge in [0.05, 0.1) is 0 Å². The summed E-state index contributed by atoms with van der Waals surface area (Å²) in [6.07, 6.45) is 38.2. The smallest absolute Gasteiger partial charge is 0.306 e. The van der Waals surface area contributed by atoms with Gasteiger partial charge in [-0.2, -0.15) is 0 Å². The largest absolute Gasteiger partial charge is 0.462 e. The molecule has 0 aromatic heterocycles. The van der Waals surface area contributed by atoms with E-state index in [2.05, 4.69) is 41.5 Å². The summed E-state index contributed by atoms with van der Waals surface area (Å²) in [6.45, 7) is 13.6. The molecule has 6 nitrogen and oxygen atoms in total. The molecule has 0 N–H and O–H groups in total. The third-order valence-corrected chi connectivity index (χ3v) is 10.9. The van der Waals surface area contributed by atoms with Gasteiger partial charge >= 0.3 is 17.9 Å². The molecule has 0 unspecified atom stereocenters. The van der Waals surface area contributed by atoms with Crippen LogP contribution in [0.15, 0.2) is 0 Å². The van der Waals surface area contributed by atoms with Gasteiger partial charge in [0.25, 0.3) is 0 Å². The minimum atomic E-state index is -0.762. The van der Waals surface area contributed by atoms with Crippen molar-refractivity contribution in [2.75, 3.05) is 13.2 Å². The van der Waals surface area contributed by atoms with Crippen molar-refractivity contribution in [3.8, 4) is 0 Å². The van der Waals surface area contributed by atoms with E-state index in [1.807, 2.05) is 0 Å². The lowest BCUT2D eigenvalue weighted by Gasteiger charge is -2.18. The molecule has 55 heavy (non-hydrogen) atoms. The predicted molar refractivity (Wildman–Crippen MR) is 233 cm³/mol. The molecular weight excluding hydrogens is 685 g/mol. The summed E-state index contributed by atoms with van der Waals surface area (Å²) in [7, 11) is 0. The molecule has 6 heteroatoms. The van der Waals surface area contributed by atoms with Crippen molar-refractivity contribution in [3.63, 3.8) is 0 Å².